The van der Waals surface area contributed by atoms with Crippen LogP contribution in [0.25, 0.3) is 10.9 Å². The molecule has 0 aliphatic carbocycles. The second-order valence-corrected chi connectivity index (χ2v) is 4.50. The number of H-pyrrole nitrogens is 1. The highest BCUT2D eigenvalue weighted by molar-refractivity contribution is 9.10. The van der Waals surface area contributed by atoms with E-state index in [-0.39, 0.29) is 5.52 Å². The Morgan fingerprint density at radius 3 is 2.88 bits per heavy atom. The Labute approximate surface area is 104 Å². The van der Waals surface area contributed by atoms with E-state index in [1.54, 1.807) is 12.1 Å². The van der Waals surface area contributed by atoms with Gasteiger partial charge >= 0.3 is 5.69 Å². The van der Waals surface area contributed by atoms with E-state index in [1.807, 2.05) is 6.92 Å². The Morgan fingerprint density at radius 2 is 2.25 bits per heavy atom. The molecule has 0 aliphatic rings. The highest BCUT2D eigenvalue weighted by Crippen LogP contribution is 2.22. The fourth-order valence-electron chi connectivity index (χ4n) is 1.55. The summed E-state index contributed by atoms with van der Waals surface area (Å²) in [5, 5.41) is 0.539. The third-order valence-electron chi connectivity index (χ3n) is 2.36. The molecule has 1 heterocycles. The molecule has 0 radical (unpaired) electrons. The van der Waals surface area contributed by atoms with Crippen molar-refractivity contribution in [3.63, 3.8) is 0 Å². The number of hydrogen-bond acceptors (Lipinski definition) is 2. The van der Waals surface area contributed by atoms with E-state index >= 15 is 0 Å². The lowest BCUT2D eigenvalue weighted by atomic mass is 10.2. The van der Waals surface area contributed by atoms with E-state index in [0.29, 0.717) is 21.0 Å². The topological polar surface area (TPSA) is 37.8 Å². The average molecular weight is 303 g/mol. The minimum atomic E-state index is -0.496. The molecule has 2 aromatic rings. The van der Waals surface area contributed by atoms with Gasteiger partial charge in [-0.15, -0.1) is 0 Å². The first kappa shape index (κ1) is 11.5. The molecule has 84 valence electrons. The molecule has 0 atom stereocenters. The maximum absolute atomic E-state index is 13.7. The molecule has 1 aromatic carbocycles. The first-order valence-corrected chi connectivity index (χ1v) is 5.87. The van der Waals surface area contributed by atoms with Crippen LogP contribution < -0.4 is 5.69 Å². The van der Waals surface area contributed by atoms with Gasteiger partial charge in [0.05, 0.1) is 9.99 Å². The second kappa shape index (κ2) is 4.10. The van der Waals surface area contributed by atoms with Gasteiger partial charge in [0.1, 0.15) is 4.64 Å². The molecule has 2 rings (SSSR count). The quantitative estimate of drug-likeness (QED) is 0.822. The van der Waals surface area contributed by atoms with Gasteiger partial charge in [-0.05, 0) is 35.0 Å². The van der Waals surface area contributed by atoms with Crippen molar-refractivity contribution in [1.29, 1.82) is 0 Å². The van der Waals surface area contributed by atoms with Gasteiger partial charge in [0.15, 0.2) is 5.82 Å². The molecule has 0 fully saturated rings. The maximum Gasteiger partial charge on any atom is 0.327 e. The van der Waals surface area contributed by atoms with Crippen molar-refractivity contribution in [2.24, 2.45) is 0 Å². The van der Waals surface area contributed by atoms with Crippen LogP contribution in [0.5, 0.6) is 0 Å². The molecule has 1 N–H and O–H groups in total. The predicted molar refractivity (Wildman–Crippen MR) is 66.7 cm³/mol. The number of rotatable bonds is 1. The van der Waals surface area contributed by atoms with Gasteiger partial charge < -0.3 is 4.98 Å². The van der Waals surface area contributed by atoms with Gasteiger partial charge in [-0.2, -0.15) is 0 Å². The van der Waals surface area contributed by atoms with Crippen molar-refractivity contribution in [2.45, 2.75) is 13.5 Å². The zero-order valence-corrected chi connectivity index (χ0v) is 10.8. The smallest absolute Gasteiger partial charge is 0.304 e. The highest BCUT2D eigenvalue weighted by Gasteiger charge is 2.09. The summed E-state index contributed by atoms with van der Waals surface area (Å²) in [6.07, 6.45) is 0. The molecule has 0 unspecified atom stereocenters. The maximum atomic E-state index is 13.7. The second-order valence-electron chi connectivity index (χ2n) is 3.26. The number of halogens is 2. The van der Waals surface area contributed by atoms with Crippen molar-refractivity contribution in [3.8, 4) is 0 Å². The van der Waals surface area contributed by atoms with Crippen LogP contribution in [0.2, 0.25) is 0 Å². The molecule has 0 bridgehead atoms. The number of nitrogens with zero attached hydrogens (tertiary/aromatic N) is 1. The van der Waals surface area contributed by atoms with Crippen LogP contribution in [-0.4, -0.2) is 9.55 Å². The average Bonchev–Trinajstić information content (AvgIpc) is 2.25. The number of hydrogen-bond donors (Lipinski definition) is 1. The lowest BCUT2D eigenvalue weighted by molar-refractivity contribution is 0.625. The molecule has 0 aliphatic heterocycles. The summed E-state index contributed by atoms with van der Waals surface area (Å²) in [6.45, 7) is 2.27. The molecule has 6 heteroatoms. The number of fused-ring (bicyclic) bond motifs is 1. The molecule has 1 aromatic heterocycles. The fourth-order valence-corrected chi connectivity index (χ4v) is 2.26. The van der Waals surface area contributed by atoms with Crippen LogP contribution in [-0.2, 0) is 6.54 Å². The van der Waals surface area contributed by atoms with Gasteiger partial charge in [-0.25, -0.2) is 9.18 Å². The van der Waals surface area contributed by atoms with Crippen LogP contribution in [0.4, 0.5) is 4.39 Å². The van der Waals surface area contributed by atoms with Crippen molar-refractivity contribution >= 4 is 39.1 Å². The first-order chi connectivity index (χ1) is 7.56. The third kappa shape index (κ3) is 1.62. The molecular formula is C10H8BrFN2OS. The summed E-state index contributed by atoms with van der Waals surface area (Å²) in [5.41, 5.74) is -0.244. The fraction of sp³-hybridized carbons (Fsp3) is 0.200. The summed E-state index contributed by atoms with van der Waals surface area (Å²) < 4.78 is 15.8. The molecule has 0 amide bonds. The first-order valence-electron chi connectivity index (χ1n) is 4.67. The number of nitrogens with one attached hydrogen (secondary N) is 1. The van der Waals surface area contributed by atoms with Gasteiger partial charge in [0.2, 0.25) is 0 Å². The van der Waals surface area contributed by atoms with Crippen LogP contribution >= 0.6 is 28.1 Å². The Bertz CT molecular complexity index is 677. The molecule has 0 saturated carbocycles. The monoisotopic (exact) mass is 302 g/mol. The molecule has 16 heavy (non-hydrogen) atoms. The van der Waals surface area contributed by atoms with E-state index in [2.05, 4.69) is 20.9 Å². The molecule has 3 nitrogen and oxygen atoms in total. The minimum absolute atomic E-state index is 0.147. The predicted octanol–water partition coefficient (Wildman–Crippen LogP) is 2.98. The summed E-state index contributed by atoms with van der Waals surface area (Å²) in [4.78, 5) is 14.1. The number of aromatic nitrogens is 2. The Kier molecular flexibility index (Phi) is 2.94. The zero-order valence-electron chi connectivity index (χ0n) is 8.38. The van der Waals surface area contributed by atoms with Crippen LogP contribution in [0.1, 0.15) is 6.92 Å². The Hall–Kier alpha value is -1.01. The number of benzene rings is 1. The summed E-state index contributed by atoms with van der Waals surface area (Å²) >= 11 is 8.21. The van der Waals surface area contributed by atoms with E-state index in [9.17, 15) is 9.18 Å². The van der Waals surface area contributed by atoms with Gasteiger partial charge in [0, 0.05) is 11.9 Å². The summed E-state index contributed by atoms with van der Waals surface area (Å²) in [5.74, 6) is -0.496. The van der Waals surface area contributed by atoms with Gasteiger partial charge in [-0.1, -0.05) is 12.2 Å². The van der Waals surface area contributed by atoms with Gasteiger partial charge in [-0.3, -0.25) is 4.57 Å². The van der Waals surface area contributed by atoms with Crippen LogP contribution in [0, 0.1) is 10.5 Å². The largest absolute Gasteiger partial charge is 0.327 e. The Morgan fingerprint density at radius 1 is 1.56 bits per heavy atom. The van der Waals surface area contributed by atoms with E-state index in [1.165, 1.54) is 4.57 Å². The molecular weight excluding hydrogens is 295 g/mol. The van der Waals surface area contributed by atoms with Crippen LogP contribution in [0.3, 0.4) is 0 Å². The summed E-state index contributed by atoms with van der Waals surface area (Å²) in [7, 11) is 0. The van der Waals surface area contributed by atoms with E-state index in [0.717, 1.165) is 0 Å². The van der Waals surface area contributed by atoms with Crippen molar-refractivity contribution in [2.75, 3.05) is 0 Å². The highest BCUT2D eigenvalue weighted by atomic mass is 79.9. The normalized spacial score (nSPS) is 10.9. The van der Waals surface area contributed by atoms with Gasteiger partial charge in [0.25, 0.3) is 0 Å². The lowest BCUT2D eigenvalue weighted by Crippen LogP contribution is -2.23. The number of aromatic amines is 1. The standard InChI is InChI=1S/C10H8BrFN2OS/c1-2-14-9(16)5-3-4-6(11)7(12)8(5)13-10(14)15/h3-4H,2H2,1H3,(H,13,15). The van der Waals surface area contributed by atoms with E-state index in [4.69, 9.17) is 12.2 Å². The zero-order chi connectivity index (χ0) is 11.9. The molecule has 0 saturated heterocycles. The van der Waals surface area contributed by atoms with E-state index < -0.39 is 11.5 Å². The van der Waals surface area contributed by atoms with Crippen molar-refractivity contribution < 1.29 is 4.39 Å². The van der Waals surface area contributed by atoms with Crippen molar-refractivity contribution in [1.82, 2.24) is 9.55 Å². The Balaban J connectivity index is 3.05. The summed E-state index contributed by atoms with van der Waals surface area (Å²) in [6, 6.07) is 3.26. The van der Waals surface area contributed by atoms with Crippen molar-refractivity contribution in [3.05, 3.63) is 37.5 Å². The van der Waals surface area contributed by atoms with Crippen LogP contribution in [0.15, 0.2) is 21.4 Å². The minimum Gasteiger partial charge on any atom is -0.304 e. The molecule has 0 spiro atoms. The third-order valence-corrected chi connectivity index (χ3v) is 3.42. The SMILES string of the molecule is CCn1c(=O)[nH]c2c(F)c(Br)ccc2c1=S. The lowest BCUT2D eigenvalue weighted by Gasteiger charge is -2.06.